The lowest BCUT2D eigenvalue weighted by molar-refractivity contribution is 0.985. The Morgan fingerprint density at radius 3 is 2.92 bits per heavy atom. The van der Waals surface area contributed by atoms with Crippen molar-refractivity contribution in [2.75, 3.05) is 5.73 Å². The van der Waals surface area contributed by atoms with Crippen molar-refractivity contribution < 1.29 is 0 Å². The van der Waals surface area contributed by atoms with Crippen molar-refractivity contribution in [2.45, 2.75) is 6.92 Å². The van der Waals surface area contributed by atoms with Crippen LogP contribution in [0.1, 0.15) is 5.56 Å². The van der Waals surface area contributed by atoms with Crippen LogP contribution in [-0.2, 0) is 0 Å². The van der Waals surface area contributed by atoms with Crippen LogP contribution in [0, 0.1) is 6.92 Å². The van der Waals surface area contributed by atoms with Gasteiger partial charge in [-0.2, -0.15) is 0 Å². The van der Waals surface area contributed by atoms with E-state index < -0.39 is 0 Å². The zero-order chi connectivity index (χ0) is 9.26. The predicted octanol–water partition coefficient (Wildman–Crippen LogP) is 1.49. The third kappa shape index (κ3) is 1.38. The monoisotopic (exact) mass is 192 g/mol. The minimum absolute atomic E-state index is 0.431. The summed E-state index contributed by atoms with van der Waals surface area (Å²) in [5, 5.41) is 9.66. The topological polar surface area (TPSA) is 64.7 Å². The molecular weight excluding hydrogens is 184 g/mol. The summed E-state index contributed by atoms with van der Waals surface area (Å²) >= 11 is 1.59. The molecule has 2 rings (SSSR count). The van der Waals surface area contributed by atoms with Gasteiger partial charge in [0.15, 0.2) is 5.82 Å². The fourth-order valence-corrected chi connectivity index (χ4v) is 1.98. The molecule has 0 saturated carbocycles. The lowest BCUT2D eigenvalue weighted by atomic mass is 10.2. The zero-order valence-electron chi connectivity index (χ0n) is 7.06. The number of hydrogen-bond donors (Lipinski definition) is 1. The maximum Gasteiger partial charge on any atom is 0.154 e. The van der Waals surface area contributed by atoms with Gasteiger partial charge in [-0.05, 0) is 23.9 Å². The molecule has 0 aliphatic carbocycles. The Morgan fingerprint density at radius 1 is 1.46 bits per heavy atom. The highest BCUT2D eigenvalue weighted by atomic mass is 32.1. The van der Waals surface area contributed by atoms with Crippen LogP contribution in [0.15, 0.2) is 17.8 Å². The first-order valence-electron chi connectivity index (χ1n) is 3.76. The van der Waals surface area contributed by atoms with E-state index in [-0.39, 0.29) is 0 Å². The normalized spacial score (nSPS) is 10.2. The van der Waals surface area contributed by atoms with Crippen LogP contribution in [0.5, 0.6) is 0 Å². The molecule has 0 atom stereocenters. The number of nitrogens with two attached hydrogens (primary N) is 1. The lowest BCUT2D eigenvalue weighted by Gasteiger charge is -1.99. The molecule has 0 unspecified atom stereocenters. The molecule has 0 amide bonds. The second kappa shape index (κ2) is 3.10. The van der Waals surface area contributed by atoms with Gasteiger partial charge in [0.1, 0.15) is 12.0 Å². The highest BCUT2D eigenvalue weighted by Gasteiger charge is 2.09. The van der Waals surface area contributed by atoms with Crippen molar-refractivity contribution in [3.05, 3.63) is 23.3 Å². The Kier molecular flexibility index (Phi) is 1.94. The lowest BCUT2D eigenvalue weighted by Crippen LogP contribution is -1.97. The third-order valence-electron chi connectivity index (χ3n) is 1.73. The zero-order valence-corrected chi connectivity index (χ0v) is 7.88. The molecule has 66 valence electrons. The van der Waals surface area contributed by atoms with Crippen molar-refractivity contribution in [3.8, 4) is 10.6 Å². The SMILES string of the molecule is Cc1ccsc1-c1nncnc1N. The molecule has 0 aliphatic rings. The molecule has 2 heterocycles. The molecule has 2 N–H and O–H groups in total. The van der Waals surface area contributed by atoms with Gasteiger partial charge in [-0.3, -0.25) is 0 Å². The maximum absolute atomic E-state index is 5.67. The summed E-state index contributed by atoms with van der Waals surface area (Å²) in [6.07, 6.45) is 1.35. The number of nitrogen functional groups attached to an aromatic ring is 1. The molecule has 5 heteroatoms. The summed E-state index contributed by atoms with van der Waals surface area (Å²) < 4.78 is 0. The Labute approximate surface area is 79.5 Å². The molecule has 0 bridgehead atoms. The van der Waals surface area contributed by atoms with E-state index >= 15 is 0 Å². The Morgan fingerprint density at radius 2 is 2.31 bits per heavy atom. The molecule has 0 fully saturated rings. The summed E-state index contributed by atoms with van der Waals surface area (Å²) in [7, 11) is 0. The van der Waals surface area contributed by atoms with E-state index in [2.05, 4.69) is 15.2 Å². The predicted molar refractivity (Wildman–Crippen MR) is 52.3 cm³/mol. The van der Waals surface area contributed by atoms with E-state index in [0.717, 1.165) is 10.4 Å². The van der Waals surface area contributed by atoms with Crippen LogP contribution < -0.4 is 5.73 Å². The molecule has 0 saturated heterocycles. The molecular formula is C8H8N4S. The van der Waals surface area contributed by atoms with E-state index in [0.29, 0.717) is 11.5 Å². The fourth-order valence-electron chi connectivity index (χ4n) is 1.06. The molecule has 4 nitrogen and oxygen atoms in total. The van der Waals surface area contributed by atoms with Gasteiger partial charge < -0.3 is 5.73 Å². The number of rotatable bonds is 1. The van der Waals surface area contributed by atoms with Gasteiger partial charge in [0.25, 0.3) is 0 Å². The first kappa shape index (κ1) is 8.12. The van der Waals surface area contributed by atoms with Crippen molar-refractivity contribution >= 4 is 17.2 Å². The van der Waals surface area contributed by atoms with Crippen LogP contribution in [0.2, 0.25) is 0 Å². The first-order chi connectivity index (χ1) is 6.29. The van der Waals surface area contributed by atoms with Gasteiger partial charge in [0, 0.05) is 0 Å². The van der Waals surface area contributed by atoms with Crippen molar-refractivity contribution in [2.24, 2.45) is 0 Å². The van der Waals surface area contributed by atoms with Gasteiger partial charge in [-0.1, -0.05) is 0 Å². The first-order valence-corrected chi connectivity index (χ1v) is 4.64. The second-order valence-corrected chi connectivity index (χ2v) is 3.54. The summed E-state index contributed by atoms with van der Waals surface area (Å²) in [4.78, 5) is 4.93. The fraction of sp³-hybridized carbons (Fsp3) is 0.125. The van der Waals surface area contributed by atoms with Gasteiger partial charge in [-0.15, -0.1) is 21.5 Å². The van der Waals surface area contributed by atoms with E-state index in [4.69, 9.17) is 5.73 Å². The van der Waals surface area contributed by atoms with E-state index in [1.165, 1.54) is 6.33 Å². The second-order valence-electron chi connectivity index (χ2n) is 2.63. The molecule has 2 aromatic heterocycles. The Balaban J connectivity index is 2.59. The standard InChI is InChI=1S/C8H8N4S/c1-5-2-3-13-7(5)6-8(9)10-4-11-12-6/h2-4H,1H3,(H2,9,10,11). The number of anilines is 1. The molecule has 0 spiro atoms. The molecule has 2 aromatic rings. The average Bonchev–Trinajstić information content (AvgIpc) is 2.52. The number of hydrogen-bond acceptors (Lipinski definition) is 5. The summed E-state index contributed by atoms with van der Waals surface area (Å²) in [6, 6.07) is 2.02. The Hall–Kier alpha value is -1.49. The Bertz CT molecular complexity index is 424. The minimum Gasteiger partial charge on any atom is -0.382 e. The summed E-state index contributed by atoms with van der Waals surface area (Å²) in [5.74, 6) is 0.431. The van der Waals surface area contributed by atoms with E-state index in [1.54, 1.807) is 11.3 Å². The average molecular weight is 192 g/mol. The summed E-state index contributed by atoms with van der Waals surface area (Å²) in [5.41, 5.74) is 7.50. The molecule has 0 radical (unpaired) electrons. The van der Waals surface area contributed by atoms with Crippen LogP contribution >= 0.6 is 11.3 Å². The van der Waals surface area contributed by atoms with Gasteiger partial charge in [0.2, 0.25) is 0 Å². The summed E-state index contributed by atoms with van der Waals surface area (Å²) in [6.45, 7) is 2.01. The number of aryl methyl sites for hydroxylation is 1. The van der Waals surface area contributed by atoms with E-state index in [9.17, 15) is 0 Å². The third-order valence-corrected chi connectivity index (χ3v) is 2.75. The molecule has 13 heavy (non-hydrogen) atoms. The van der Waals surface area contributed by atoms with Crippen LogP contribution in [0.3, 0.4) is 0 Å². The van der Waals surface area contributed by atoms with Crippen LogP contribution in [0.25, 0.3) is 10.6 Å². The van der Waals surface area contributed by atoms with Crippen molar-refractivity contribution in [3.63, 3.8) is 0 Å². The highest BCUT2D eigenvalue weighted by molar-refractivity contribution is 7.13. The number of nitrogens with zero attached hydrogens (tertiary/aromatic N) is 3. The van der Waals surface area contributed by atoms with Gasteiger partial charge in [0.05, 0.1) is 4.88 Å². The van der Waals surface area contributed by atoms with Gasteiger partial charge in [-0.25, -0.2) is 4.98 Å². The van der Waals surface area contributed by atoms with Crippen LogP contribution in [-0.4, -0.2) is 15.2 Å². The van der Waals surface area contributed by atoms with E-state index in [1.807, 2.05) is 18.4 Å². The van der Waals surface area contributed by atoms with Crippen LogP contribution in [0.4, 0.5) is 5.82 Å². The quantitative estimate of drug-likeness (QED) is 0.743. The highest BCUT2D eigenvalue weighted by Crippen LogP contribution is 2.29. The largest absolute Gasteiger partial charge is 0.382 e. The van der Waals surface area contributed by atoms with Crippen molar-refractivity contribution in [1.29, 1.82) is 0 Å². The molecule has 0 aliphatic heterocycles. The maximum atomic E-state index is 5.67. The smallest absolute Gasteiger partial charge is 0.154 e. The van der Waals surface area contributed by atoms with Gasteiger partial charge >= 0.3 is 0 Å². The minimum atomic E-state index is 0.431. The molecule has 0 aromatic carbocycles. The number of thiophene rings is 1. The number of aromatic nitrogens is 3. The van der Waals surface area contributed by atoms with Crippen molar-refractivity contribution in [1.82, 2.24) is 15.2 Å².